The SMILES string of the molecule is COC1(CO)CCN(C(=O)[C@@H]2C[C@H]3CCCC[C@@H]3N2c2ncccn2)CC1. The van der Waals surface area contributed by atoms with Gasteiger partial charge in [0.05, 0.1) is 12.2 Å². The summed E-state index contributed by atoms with van der Waals surface area (Å²) in [5.41, 5.74) is -0.497. The predicted octanol–water partition coefficient (Wildman–Crippen LogP) is 1.61. The highest BCUT2D eigenvalue weighted by Gasteiger charge is 2.48. The molecular weight excluding hydrogens is 344 g/mol. The van der Waals surface area contributed by atoms with E-state index in [2.05, 4.69) is 14.9 Å². The van der Waals surface area contributed by atoms with E-state index < -0.39 is 5.60 Å². The number of fused-ring (bicyclic) bond motifs is 1. The van der Waals surface area contributed by atoms with Crippen LogP contribution in [0.15, 0.2) is 18.5 Å². The Morgan fingerprint density at radius 1 is 1.26 bits per heavy atom. The number of piperidine rings is 1. The summed E-state index contributed by atoms with van der Waals surface area (Å²) >= 11 is 0. The van der Waals surface area contributed by atoms with Crippen LogP contribution in [-0.4, -0.2) is 70.4 Å². The van der Waals surface area contributed by atoms with Crippen LogP contribution in [0.3, 0.4) is 0 Å². The summed E-state index contributed by atoms with van der Waals surface area (Å²) in [5.74, 6) is 1.42. The summed E-state index contributed by atoms with van der Waals surface area (Å²) in [6, 6.07) is 2.01. The molecule has 1 N–H and O–H groups in total. The highest BCUT2D eigenvalue weighted by Crippen LogP contribution is 2.42. The van der Waals surface area contributed by atoms with Crippen LogP contribution in [0.5, 0.6) is 0 Å². The van der Waals surface area contributed by atoms with Gasteiger partial charge in [0.25, 0.3) is 0 Å². The quantitative estimate of drug-likeness (QED) is 0.863. The Bertz CT molecular complexity index is 642. The normalized spacial score (nSPS) is 30.2. The lowest BCUT2D eigenvalue weighted by Crippen LogP contribution is -2.54. The number of rotatable bonds is 4. The molecule has 0 radical (unpaired) electrons. The smallest absolute Gasteiger partial charge is 0.245 e. The maximum atomic E-state index is 13.4. The molecule has 1 aromatic rings. The number of anilines is 1. The van der Waals surface area contributed by atoms with Crippen LogP contribution in [0.25, 0.3) is 0 Å². The number of carbonyl (C=O) groups is 1. The monoisotopic (exact) mass is 374 g/mol. The summed E-state index contributed by atoms with van der Waals surface area (Å²) in [5, 5.41) is 9.66. The van der Waals surface area contributed by atoms with Crippen molar-refractivity contribution in [3.8, 4) is 0 Å². The fraction of sp³-hybridized carbons (Fsp3) is 0.750. The molecule has 1 saturated carbocycles. The zero-order valence-electron chi connectivity index (χ0n) is 16.1. The van der Waals surface area contributed by atoms with Crippen molar-refractivity contribution in [1.82, 2.24) is 14.9 Å². The van der Waals surface area contributed by atoms with Crippen molar-refractivity contribution in [2.24, 2.45) is 5.92 Å². The van der Waals surface area contributed by atoms with Crippen molar-refractivity contribution in [2.75, 3.05) is 31.7 Å². The van der Waals surface area contributed by atoms with Gasteiger partial charge in [-0.2, -0.15) is 0 Å². The van der Waals surface area contributed by atoms with Gasteiger partial charge >= 0.3 is 0 Å². The third-order valence-corrected chi connectivity index (χ3v) is 6.86. The number of aromatic nitrogens is 2. The first-order valence-electron chi connectivity index (χ1n) is 10.2. The average Bonchev–Trinajstić information content (AvgIpc) is 3.13. The molecule has 2 saturated heterocycles. The number of likely N-dealkylation sites (tertiary alicyclic amines) is 1. The Morgan fingerprint density at radius 3 is 2.63 bits per heavy atom. The molecule has 1 aromatic heterocycles. The molecule has 27 heavy (non-hydrogen) atoms. The number of ether oxygens (including phenoxy) is 1. The predicted molar refractivity (Wildman–Crippen MR) is 101 cm³/mol. The Morgan fingerprint density at radius 2 is 1.96 bits per heavy atom. The van der Waals surface area contributed by atoms with E-state index in [1.54, 1.807) is 19.5 Å². The van der Waals surface area contributed by atoms with E-state index in [0.717, 1.165) is 12.8 Å². The molecule has 0 aromatic carbocycles. The second-order valence-corrected chi connectivity index (χ2v) is 8.19. The fourth-order valence-electron chi connectivity index (χ4n) is 5.16. The molecule has 0 unspecified atom stereocenters. The van der Waals surface area contributed by atoms with Crippen molar-refractivity contribution in [2.45, 2.75) is 62.6 Å². The van der Waals surface area contributed by atoms with Crippen LogP contribution in [0.4, 0.5) is 5.95 Å². The molecule has 3 atom stereocenters. The lowest BCUT2D eigenvalue weighted by molar-refractivity contribution is -0.140. The lowest BCUT2D eigenvalue weighted by Gasteiger charge is -2.41. The van der Waals surface area contributed by atoms with Gasteiger partial charge in [-0.1, -0.05) is 12.8 Å². The van der Waals surface area contributed by atoms with Crippen molar-refractivity contribution >= 4 is 11.9 Å². The van der Waals surface area contributed by atoms with Crippen LogP contribution >= 0.6 is 0 Å². The second-order valence-electron chi connectivity index (χ2n) is 8.19. The van der Waals surface area contributed by atoms with E-state index >= 15 is 0 Å². The standard InChI is InChI=1S/C20H30N4O3/c1-27-20(14-25)7-11-23(12-8-20)18(26)17-13-15-5-2-3-6-16(15)24(17)19-21-9-4-10-22-19/h4,9-10,15-17,25H,2-3,5-8,11-14H2,1H3/t15-,16+,17+/m1/s1. The zero-order valence-corrected chi connectivity index (χ0v) is 16.1. The lowest BCUT2D eigenvalue weighted by atomic mass is 9.84. The third kappa shape index (κ3) is 3.43. The van der Waals surface area contributed by atoms with Crippen LogP contribution in [0.1, 0.15) is 44.9 Å². The molecule has 3 fully saturated rings. The molecule has 7 heteroatoms. The number of nitrogens with zero attached hydrogens (tertiary/aromatic N) is 4. The van der Waals surface area contributed by atoms with Crippen molar-refractivity contribution in [1.29, 1.82) is 0 Å². The van der Waals surface area contributed by atoms with Crippen LogP contribution in [0, 0.1) is 5.92 Å². The summed E-state index contributed by atoms with van der Waals surface area (Å²) in [7, 11) is 1.64. The summed E-state index contributed by atoms with van der Waals surface area (Å²) in [4.78, 5) is 26.5. The topological polar surface area (TPSA) is 78.8 Å². The van der Waals surface area contributed by atoms with Crippen molar-refractivity contribution in [3.05, 3.63) is 18.5 Å². The van der Waals surface area contributed by atoms with Gasteiger partial charge in [-0.05, 0) is 44.1 Å². The molecule has 3 heterocycles. The van der Waals surface area contributed by atoms with Gasteiger partial charge in [0, 0.05) is 38.6 Å². The van der Waals surface area contributed by atoms with E-state index in [0.29, 0.717) is 43.8 Å². The molecule has 7 nitrogen and oxygen atoms in total. The van der Waals surface area contributed by atoms with Gasteiger partial charge in [0.2, 0.25) is 11.9 Å². The Labute approximate surface area is 160 Å². The third-order valence-electron chi connectivity index (χ3n) is 6.86. The van der Waals surface area contributed by atoms with E-state index in [-0.39, 0.29) is 18.6 Å². The molecule has 1 aliphatic carbocycles. The number of hydrogen-bond donors (Lipinski definition) is 1. The van der Waals surface area contributed by atoms with Gasteiger partial charge in [0.1, 0.15) is 6.04 Å². The summed E-state index contributed by atoms with van der Waals surface area (Å²) in [6.45, 7) is 1.26. The first-order chi connectivity index (χ1) is 13.2. The number of aliphatic hydroxyl groups excluding tert-OH is 1. The van der Waals surface area contributed by atoms with Gasteiger partial charge in [0.15, 0.2) is 0 Å². The number of aliphatic hydroxyl groups is 1. The minimum atomic E-state index is -0.497. The minimum absolute atomic E-state index is 0.00306. The highest BCUT2D eigenvalue weighted by molar-refractivity contribution is 5.86. The molecule has 148 valence electrons. The highest BCUT2D eigenvalue weighted by atomic mass is 16.5. The Kier molecular flexibility index (Phi) is 5.32. The van der Waals surface area contributed by atoms with Crippen LogP contribution in [-0.2, 0) is 9.53 Å². The summed E-state index contributed by atoms with van der Waals surface area (Å²) < 4.78 is 5.53. The molecule has 4 rings (SSSR count). The molecule has 3 aliphatic rings. The van der Waals surface area contributed by atoms with Gasteiger partial charge < -0.3 is 19.6 Å². The first-order valence-corrected chi connectivity index (χ1v) is 10.2. The van der Waals surface area contributed by atoms with Crippen molar-refractivity contribution in [3.63, 3.8) is 0 Å². The Hall–Kier alpha value is -1.73. The van der Waals surface area contributed by atoms with Crippen molar-refractivity contribution < 1.29 is 14.6 Å². The molecule has 2 aliphatic heterocycles. The maximum Gasteiger partial charge on any atom is 0.245 e. The van der Waals surface area contributed by atoms with Gasteiger partial charge in [-0.25, -0.2) is 9.97 Å². The molecule has 0 spiro atoms. The molecule has 1 amide bonds. The van der Waals surface area contributed by atoms with Gasteiger partial charge in [-0.15, -0.1) is 0 Å². The van der Waals surface area contributed by atoms with E-state index in [1.807, 2.05) is 11.0 Å². The first kappa shape index (κ1) is 18.6. The van der Waals surface area contributed by atoms with Crippen LogP contribution < -0.4 is 4.90 Å². The molecule has 0 bridgehead atoms. The largest absolute Gasteiger partial charge is 0.393 e. The van der Waals surface area contributed by atoms with E-state index in [4.69, 9.17) is 4.74 Å². The molecular formula is C20H30N4O3. The minimum Gasteiger partial charge on any atom is -0.393 e. The van der Waals surface area contributed by atoms with E-state index in [9.17, 15) is 9.90 Å². The van der Waals surface area contributed by atoms with Crippen LogP contribution in [0.2, 0.25) is 0 Å². The van der Waals surface area contributed by atoms with Gasteiger partial charge in [-0.3, -0.25) is 4.79 Å². The fourth-order valence-corrected chi connectivity index (χ4v) is 5.16. The summed E-state index contributed by atoms with van der Waals surface area (Å²) in [6.07, 6.45) is 10.5. The number of carbonyl (C=O) groups excluding carboxylic acids is 1. The number of amides is 1. The second kappa shape index (κ2) is 7.72. The average molecular weight is 374 g/mol. The zero-order chi connectivity index (χ0) is 18.9. The number of methoxy groups -OCH3 is 1. The maximum absolute atomic E-state index is 13.4. The number of hydrogen-bond acceptors (Lipinski definition) is 6. The van der Waals surface area contributed by atoms with E-state index in [1.165, 1.54) is 19.3 Å². The Balaban J connectivity index is 1.53.